The second-order valence-electron chi connectivity index (χ2n) is 7.98. The number of H-pyrrole nitrogens is 1. The molecule has 1 aliphatic rings. The molecule has 5 nitrogen and oxygen atoms in total. The van der Waals surface area contributed by atoms with Crippen LogP contribution in [0, 0.1) is 5.92 Å². The molecule has 4 rings (SSSR count). The van der Waals surface area contributed by atoms with Crippen LogP contribution < -0.4 is 5.32 Å². The van der Waals surface area contributed by atoms with Crippen LogP contribution in [0.2, 0.25) is 5.02 Å². The molecule has 0 saturated heterocycles. The molecule has 0 bridgehead atoms. The zero-order valence-corrected chi connectivity index (χ0v) is 18.0. The Morgan fingerprint density at radius 1 is 1.17 bits per heavy atom. The standard InChI is InChI=1S/C24H26ClN3O2/c1-3-15(2)22(27-23(29)16-8-10-17(25)11-9-16)24(30)28-13-12-21-19(14-28)18-6-4-5-7-20(18)26-21/h4-11,15,22,26H,3,12-14H2,1-2H3,(H,27,29). The van der Waals surface area contributed by atoms with Crippen LogP contribution in [0.3, 0.4) is 0 Å². The SMILES string of the molecule is CCC(C)C(NC(=O)c1ccc(Cl)cc1)C(=O)N1CCc2[nH]c3ccccc3c2C1. The van der Waals surface area contributed by atoms with E-state index in [9.17, 15) is 9.59 Å². The first-order chi connectivity index (χ1) is 14.5. The van der Waals surface area contributed by atoms with Gasteiger partial charge in [0, 0.05) is 52.3 Å². The van der Waals surface area contributed by atoms with E-state index in [-0.39, 0.29) is 17.7 Å². The fraction of sp³-hybridized carbons (Fsp3) is 0.333. The maximum absolute atomic E-state index is 13.5. The van der Waals surface area contributed by atoms with Crippen molar-refractivity contribution in [3.63, 3.8) is 0 Å². The maximum atomic E-state index is 13.5. The minimum absolute atomic E-state index is 0.0254. The van der Waals surface area contributed by atoms with E-state index in [2.05, 4.69) is 22.4 Å². The van der Waals surface area contributed by atoms with Crippen LogP contribution >= 0.6 is 11.6 Å². The number of amides is 2. The molecular formula is C24H26ClN3O2. The molecule has 2 atom stereocenters. The molecule has 156 valence electrons. The summed E-state index contributed by atoms with van der Waals surface area (Å²) < 4.78 is 0. The molecular weight excluding hydrogens is 398 g/mol. The number of carbonyl (C=O) groups is 2. The predicted octanol–water partition coefficient (Wildman–Crippen LogP) is 4.55. The van der Waals surface area contributed by atoms with Gasteiger partial charge in [0.2, 0.25) is 5.91 Å². The number of nitrogens with one attached hydrogen (secondary N) is 2. The van der Waals surface area contributed by atoms with Crippen LogP contribution in [0.15, 0.2) is 48.5 Å². The minimum atomic E-state index is -0.565. The summed E-state index contributed by atoms with van der Waals surface area (Å²) in [5.41, 5.74) is 3.98. The quantitative estimate of drug-likeness (QED) is 0.632. The van der Waals surface area contributed by atoms with Crippen molar-refractivity contribution in [2.45, 2.75) is 39.3 Å². The highest BCUT2D eigenvalue weighted by Crippen LogP contribution is 2.28. The van der Waals surface area contributed by atoms with Crippen molar-refractivity contribution >= 4 is 34.3 Å². The molecule has 1 aliphatic heterocycles. The van der Waals surface area contributed by atoms with Gasteiger partial charge in [-0.25, -0.2) is 0 Å². The first-order valence-corrected chi connectivity index (χ1v) is 10.8. The van der Waals surface area contributed by atoms with Gasteiger partial charge in [-0.05, 0) is 36.2 Å². The maximum Gasteiger partial charge on any atom is 0.251 e. The Labute approximate surface area is 181 Å². The predicted molar refractivity (Wildman–Crippen MR) is 120 cm³/mol. The molecule has 0 fully saturated rings. The van der Waals surface area contributed by atoms with Crippen LogP contribution in [0.5, 0.6) is 0 Å². The van der Waals surface area contributed by atoms with Crippen molar-refractivity contribution in [1.82, 2.24) is 15.2 Å². The van der Waals surface area contributed by atoms with Crippen molar-refractivity contribution < 1.29 is 9.59 Å². The normalized spacial score (nSPS) is 15.5. The Hall–Kier alpha value is -2.79. The van der Waals surface area contributed by atoms with Crippen molar-refractivity contribution in [2.75, 3.05) is 6.54 Å². The van der Waals surface area contributed by atoms with Gasteiger partial charge >= 0.3 is 0 Å². The Morgan fingerprint density at radius 2 is 1.90 bits per heavy atom. The number of benzene rings is 2. The van der Waals surface area contributed by atoms with E-state index >= 15 is 0 Å². The van der Waals surface area contributed by atoms with Crippen LogP contribution in [0.25, 0.3) is 10.9 Å². The van der Waals surface area contributed by atoms with E-state index in [1.165, 1.54) is 11.3 Å². The lowest BCUT2D eigenvalue weighted by Crippen LogP contribution is -2.52. The highest BCUT2D eigenvalue weighted by molar-refractivity contribution is 6.30. The summed E-state index contributed by atoms with van der Waals surface area (Å²) in [7, 11) is 0. The van der Waals surface area contributed by atoms with Crippen LogP contribution in [0.4, 0.5) is 0 Å². The van der Waals surface area contributed by atoms with Crippen LogP contribution in [0.1, 0.15) is 41.9 Å². The smallest absolute Gasteiger partial charge is 0.251 e. The Bertz CT molecular complexity index is 1070. The average Bonchev–Trinajstić information content (AvgIpc) is 3.14. The number of aromatic amines is 1. The number of para-hydroxylation sites is 1. The van der Waals surface area contributed by atoms with Gasteiger partial charge in [0.25, 0.3) is 5.91 Å². The average molecular weight is 424 g/mol. The second kappa shape index (κ2) is 8.52. The zero-order chi connectivity index (χ0) is 21.3. The third-order valence-corrected chi connectivity index (χ3v) is 6.32. The molecule has 2 amide bonds. The Balaban J connectivity index is 1.55. The summed E-state index contributed by atoms with van der Waals surface area (Å²) in [4.78, 5) is 31.6. The first kappa shape index (κ1) is 20.5. The van der Waals surface area contributed by atoms with E-state index in [4.69, 9.17) is 11.6 Å². The van der Waals surface area contributed by atoms with Gasteiger partial charge in [0.15, 0.2) is 0 Å². The molecule has 2 unspecified atom stereocenters. The van der Waals surface area contributed by atoms with Gasteiger partial charge in [-0.2, -0.15) is 0 Å². The lowest BCUT2D eigenvalue weighted by Gasteiger charge is -2.33. The lowest BCUT2D eigenvalue weighted by atomic mass is 9.95. The van der Waals surface area contributed by atoms with Gasteiger partial charge in [0.1, 0.15) is 6.04 Å². The van der Waals surface area contributed by atoms with E-state index < -0.39 is 6.04 Å². The number of hydrogen-bond acceptors (Lipinski definition) is 2. The molecule has 2 aromatic carbocycles. The lowest BCUT2D eigenvalue weighted by molar-refractivity contribution is -0.135. The molecule has 0 saturated carbocycles. The molecule has 2 heterocycles. The highest BCUT2D eigenvalue weighted by atomic mass is 35.5. The molecule has 30 heavy (non-hydrogen) atoms. The second-order valence-corrected chi connectivity index (χ2v) is 8.42. The molecule has 1 aromatic heterocycles. The van der Waals surface area contributed by atoms with Crippen molar-refractivity contribution in [1.29, 1.82) is 0 Å². The number of fused-ring (bicyclic) bond motifs is 3. The van der Waals surface area contributed by atoms with Gasteiger partial charge in [-0.1, -0.05) is 50.1 Å². The van der Waals surface area contributed by atoms with Crippen LogP contribution in [-0.2, 0) is 17.8 Å². The third kappa shape index (κ3) is 3.94. The number of aromatic nitrogens is 1. The number of carbonyl (C=O) groups excluding carboxylic acids is 2. The summed E-state index contributed by atoms with van der Waals surface area (Å²) in [5, 5.41) is 4.71. The summed E-state index contributed by atoms with van der Waals surface area (Å²) >= 11 is 5.93. The van der Waals surface area contributed by atoms with Crippen molar-refractivity contribution in [2.24, 2.45) is 5.92 Å². The van der Waals surface area contributed by atoms with Crippen molar-refractivity contribution in [3.05, 3.63) is 70.4 Å². The highest BCUT2D eigenvalue weighted by Gasteiger charge is 2.32. The zero-order valence-electron chi connectivity index (χ0n) is 17.2. The number of nitrogens with zero attached hydrogens (tertiary/aromatic N) is 1. The molecule has 0 radical (unpaired) electrons. The fourth-order valence-electron chi connectivity index (χ4n) is 4.06. The van der Waals surface area contributed by atoms with Crippen LogP contribution in [-0.4, -0.2) is 34.3 Å². The number of rotatable bonds is 5. The summed E-state index contributed by atoms with van der Waals surface area (Å²) in [6.45, 7) is 5.24. The Kier molecular flexibility index (Phi) is 5.82. The number of hydrogen-bond donors (Lipinski definition) is 2. The molecule has 3 aromatic rings. The van der Waals surface area contributed by atoms with E-state index in [1.807, 2.05) is 30.9 Å². The largest absolute Gasteiger partial charge is 0.358 e. The van der Waals surface area contributed by atoms with Gasteiger partial charge in [0.05, 0.1) is 0 Å². The van der Waals surface area contributed by atoms with E-state index in [0.717, 1.165) is 23.7 Å². The molecule has 6 heteroatoms. The minimum Gasteiger partial charge on any atom is -0.358 e. The molecule has 0 aliphatic carbocycles. The van der Waals surface area contributed by atoms with Gasteiger partial charge in [-0.15, -0.1) is 0 Å². The third-order valence-electron chi connectivity index (χ3n) is 6.07. The number of halogens is 1. The van der Waals surface area contributed by atoms with Gasteiger partial charge in [-0.3, -0.25) is 9.59 Å². The fourth-order valence-corrected chi connectivity index (χ4v) is 4.19. The monoisotopic (exact) mass is 423 g/mol. The summed E-state index contributed by atoms with van der Waals surface area (Å²) in [6, 6.07) is 14.3. The van der Waals surface area contributed by atoms with E-state index in [1.54, 1.807) is 24.3 Å². The summed E-state index contributed by atoms with van der Waals surface area (Å²) in [6.07, 6.45) is 1.58. The summed E-state index contributed by atoms with van der Waals surface area (Å²) in [5.74, 6) is -0.254. The first-order valence-electron chi connectivity index (χ1n) is 10.4. The Morgan fingerprint density at radius 3 is 2.63 bits per heavy atom. The topological polar surface area (TPSA) is 65.2 Å². The molecule has 2 N–H and O–H groups in total. The molecule has 0 spiro atoms. The van der Waals surface area contributed by atoms with Crippen molar-refractivity contribution in [3.8, 4) is 0 Å². The van der Waals surface area contributed by atoms with Gasteiger partial charge < -0.3 is 15.2 Å². The van der Waals surface area contributed by atoms with E-state index in [0.29, 0.717) is 23.7 Å².